The van der Waals surface area contributed by atoms with E-state index in [4.69, 9.17) is 11.6 Å². The molecule has 0 aliphatic heterocycles. The molecule has 0 fully saturated rings. The van der Waals surface area contributed by atoms with Crippen molar-refractivity contribution in [1.29, 1.82) is 0 Å². The van der Waals surface area contributed by atoms with Gasteiger partial charge in [-0.25, -0.2) is 18.2 Å². The third-order valence-electron chi connectivity index (χ3n) is 1.53. The smallest absolute Gasteiger partial charge is 0.243 e. The number of pyridine rings is 1. The van der Waals surface area contributed by atoms with Crippen LogP contribution >= 0.6 is 11.6 Å². The van der Waals surface area contributed by atoms with Crippen molar-refractivity contribution in [3.63, 3.8) is 0 Å². The van der Waals surface area contributed by atoms with Crippen molar-refractivity contribution in [3.05, 3.63) is 28.3 Å². The van der Waals surface area contributed by atoms with Gasteiger partial charge in [-0.05, 0) is 0 Å². The highest BCUT2D eigenvalue weighted by Gasteiger charge is 2.37. The molecule has 1 aromatic heterocycles. The first-order valence-electron chi connectivity index (χ1n) is 3.44. The van der Waals surface area contributed by atoms with Gasteiger partial charge in [0.2, 0.25) is 0 Å². The van der Waals surface area contributed by atoms with E-state index in [0.717, 1.165) is 0 Å². The molecule has 0 saturated heterocycles. The monoisotopic (exact) mass is 249 g/mol. The minimum absolute atomic E-state index is 0.0730. The molecule has 1 nitrogen and oxygen atoms in total. The van der Waals surface area contributed by atoms with Crippen LogP contribution in [0, 0.1) is 5.82 Å². The van der Waals surface area contributed by atoms with Crippen molar-refractivity contribution >= 4 is 11.6 Å². The summed E-state index contributed by atoms with van der Waals surface area (Å²) in [6.07, 6.45) is -8.46. The fourth-order valence-electron chi connectivity index (χ4n) is 0.867. The molecule has 0 aromatic carbocycles. The number of nitrogens with zero attached hydrogens (tertiary/aromatic N) is 1. The number of hydrogen-bond donors (Lipinski definition) is 0. The molecule has 1 aromatic rings. The Morgan fingerprint density at radius 2 is 1.80 bits per heavy atom. The highest BCUT2D eigenvalue weighted by atomic mass is 35.5. The van der Waals surface area contributed by atoms with Gasteiger partial charge in [0, 0.05) is 6.20 Å². The number of hydrogen-bond acceptors (Lipinski definition) is 1. The van der Waals surface area contributed by atoms with Crippen molar-refractivity contribution in [2.24, 2.45) is 0 Å². The van der Waals surface area contributed by atoms with E-state index in [1.807, 2.05) is 0 Å². The molecule has 8 heteroatoms. The molecule has 1 heterocycles. The van der Waals surface area contributed by atoms with Gasteiger partial charge in [0.25, 0.3) is 6.43 Å². The van der Waals surface area contributed by atoms with Crippen molar-refractivity contribution < 1.29 is 26.3 Å². The molecule has 0 bridgehead atoms. The number of alkyl halides is 5. The second-order valence-electron chi connectivity index (χ2n) is 2.49. The van der Waals surface area contributed by atoms with Crippen LogP contribution in [0.5, 0.6) is 0 Å². The van der Waals surface area contributed by atoms with Crippen molar-refractivity contribution in [3.8, 4) is 0 Å². The fourth-order valence-corrected chi connectivity index (χ4v) is 1.08. The van der Waals surface area contributed by atoms with Gasteiger partial charge in [0.15, 0.2) is 0 Å². The minimum Gasteiger partial charge on any atom is -0.243 e. The summed E-state index contributed by atoms with van der Waals surface area (Å²) in [6.45, 7) is 0. The zero-order valence-electron chi connectivity index (χ0n) is 6.75. The van der Waals surface area contributed by atoms with Crippen molar-refractivity contribution in [2.75, 3.05) is 0 Å². The van der Waals surface area contributed by atoms with Crippen molar-refractivity contribution in [2.45, 2.75) is 12.6 Å². The molecule has 15 heavy (non-hydrogen) atoms. The Balaban J connectivity index is 3.42. The first-order chi connectivity index (χ1) is 6.75. The Hall–Kier alpha value is -0.980. The summed E-state index contributed by atoms with van der Waals surface area (Å²) in [7, 11) is 0. The quantitative estimate of drug-likeness (QED) is 0.544. The van der Waals surface area contributed by atoms with Crippen LogP contribution in [0.25, 0.3) is 0 Å². The molecule has 0 amide bonds. The molecular weight excluding hydrogens is 248 g/mol. The van der Waals surface area contributed by atoms with Crippen LogP contribution in [0.1, 0.15) is 17.6 Å². The van der Waals surface area contributed by atoms with Gasteiger partial charge in [0.1, 0.15) is 16.5 Å². The van der Waals surface area contributed by atoms with Crippen LogP contribution in [0.3, 0.4) is 0 Å². The van der Waals surface area contributed by atoms with Crippen LogP contribution in [-0.2, 0) is 6.18 Å². The highest BCUT2D eigenvalue weighted by molar-refractivity contribution is 6.30. The summed E-state index contributed by atoms with van der Waals surface area (Å²) < 4.78 is 73.4. The summed E-state index contributed by atoms with van der Waals surface area (Å²) in [4.78, 5) is 2.85. The highest BCUT2D eigenvalue weighted by Crippen LogP contribution is 2.36. The summed E-state index contributed by atoms with van der Waals surface area (Å²) in [5, 5.41) is -0.976. The topological polar surface area (TPSA) is 12.9 Å². The molecule has 0 aliphatic rings. The Labute approximate surface area is 84.7 Å². The largest absolute Gasteiger partial charge is 0.420 e. The standard InChI is InChI=1S/C7H2ClF6N/c8-5-3(6(10)11)4(9)2(1-15-5)7(12,13)14/h1,6H. The van der Waals surface area contributed by atoms with Gasteiger partial charge in [-0.15, -0.1) is 0 Å². The molecule has 0 radical (unpaired) electrons. The van der Waals surface area contributed by atoms with Gasteiger partial charge in [-0.1, -0.05) is 11.6 Å². The summed E-state index contributed by atoms with van der Waals surface area (Å²) in [5.41, 5.74) is -3.39. The van der Waals surface area contributed by atoms with E-state index in [1.54, 1.807) is 0 Å². The predicted octanol–water partition coefficient (Wildman–Crippen LogP) is 3.83. The predicted molar refractivity (Wildman–Crippen MR) is 39.2 cm³/mol. The molecule has 0 saturated carbocycles. The average Bonchev–Trinajstić information content (AvgIpc) is 2.00. The summed E-state index contributed by atoms with van der Waals surface area (Å²) >= 11 is 5.05. The normalized spacial score (nSPS) is 12.3. The second-order valence-corrected chi connectivity index (χ2v) is 2.85. The van der Waals surface area contributed by atoms with Gasteiger partial charge in [-0.2, -0.15) is 13.2 Å². The Morgan fingerprint density at radius 3 is 2.20 bits per heavy atom. The molecule has 0 spiro atoms. The SMILES string of the molecule is Fc1c(C(F)(F)F)cnc(Cl)c1C(F)F. The lowest BCUT2D eigenvalue weighted by Crippen LogP contribution is -2.11. The number of rotatable bonds is 1. The molecule has 0 N–H and O–H groups in total. The maximum absolute atomic E-state index is 13.0. The lowest BCUT2D eigenvalue weighted by molar-refractivity contribution is -0.140. The van der Waals surface area contributed by atoms with E-state index in [0.29, 0.717) is 0 Å². The van der Waals surface area contributed by atoms with Crippen molar-refractivity contribution in [1.82, 2.24) is 4.98 Å². The van der Waals surface area contributed by atoms with Crippen LogP contribution < -0.4 is 0 Å². The van der Waals surface area contributed by atoms with E-state index < -0.39 is 34.7 Å². The summed E-state index contributed by atoms with van der Waals surface area (Å²) in [5.74, 6) is -2.09. The van der Waals surface area contributed by atoms with E-state index in [9.17, 15) is 26.3 Å². The molecular formula is C7H2ClF6N. The zero-order valence-corrected chi connectivity index (χ0v) is 7.50. The third-order valence-corrected chi connectivity index (χ3v) is 1.83. The lowest BCUT2D eigenvalue weighted by atomic mass is 10.2. The lowest BCUT2D eigenvalue weighted by Gasteiger charge is -2.11. The zero-order chi connectivity index (χ0) is 11.8. The van der Waals surface area contributed by atoms with Gasteiger partial charge >= 0.3 is 6.18 Å². The van der Waals surface area contributed by atoms with E-state index in [-0.39, 0.29) is 6.20 Å². The molecule has 84 valence electrons. The van der Waals surface area contributed by atoms with E-state index in [1.165, 1.54) is 0 Å². The third kappa shape index (κ3) is 2.34. The Bertz CT molecular complexity index is 374. The van der Waals surface area contributed by atoms with Gasteiger partial charge in [-0.3, -0.25) is 0 Å². The van der Waals surface area contributed by atoms with Crippen LogP contribution in [0.4, 0.5) is 26.3 Å². The number of halogens is 7. The molecule has 0 atom stereocenters. The maximum Gasteiger partial charge on any atom is 0.420 e. The Morgan fingerprint density at radius 1 is 1.27 bits per heavy atom. The fraction of sp³-hybridized carbons (Fsp3) is 0.286. The van der Waals surface area contributed by atoms with Gasteiger partial charge in [0.05, 0.1) is 5.56 Å². The first-order valence-corrected chi connectivity index (χ1v) is 3.82. The van der Waals surface area contributed by atoms with E-state index in [2.05, 4.69) is 4.98 Å². The van der Waals surface area contributed by atoms with Crippen LogP contribution in [0.2, 0.25) is 5.15 Å². The second kappa shape index (κ2) is 3.88. The molecule has 1 rings (SSSR count). The molecule has 0 unspecified atom stereocenters. The average molecular weight is 250 g/mol. The van der Waals surface area contributed by atoms with Crippen LogP contribution in [0.15, 0.2) is 6.20 Å². The number of aromatic nitrogens is 1. The van der Waals surface area contributed by atoms with Crippen LogP contribution in [-0.4, -0.2) is 4.98 Å². The minimum atomic E-state index is -5.08. The molecule has 0 aliphatic carbocycles. The summed E-state index contributed by atoms with van der Waals surface area (Å²) in [6, 6.07) is 0. The first kappa shape index (κ1) is 12.1. The van der Waals surface area contributed by atoms with E-state index >= 15 is 0 Å². The maximum atomic E-state index is 13.0. The Kier molecular flexibility index (Phi) is 3.13. The van der Waals surface area contributed by atoms with Gasteiger partial charge < -0.3 is 0 Å².